The van der Waals surface area contributed by atoms with Crippen molar-refractivity contribution in [1.29, 1.82) is 0 Å². The molecule has 2 aromatic rings. The van der Waals surface area contributed by atoms with Crippen LogP contribution in [0.2, 0.25) is 0 Å². The molecule has 170 valence electrons. The van der Waals surface area contributed by atoms with Crippen molar-refractivity contribution in [3.63, 3.8) is 0 Å². The number of anilines is 1. The summed E-state index contributed by atoms with van der Waals surface area (Å²) in [6.45, 7) is 4.57. The van der Waals surface area contributed by atoms with Gasteiger partial charge in [-0.3, -0.25) is 4.79 Å². The van der Waals surface area contributed by atoms with Crippen molar-refractivity contribution in [1.82, 2.24) is 15.2 Å². The molecule has 0 aliphatic carbocycles. The van der Waals surface area contributed by atoms with Crippen LogP contribution in [-0.2, 0) is 20.9 Å². The average molecular weight is 441 g/mol. The Bertz CT molecular complexity index is 904. The second-order valence-corrected chi connectivity index (χ2v) is 7.26. The molecule has 0 spiro atoms. The van der Waals surface area contributed by atoms with Gasteiger partial charge in [-0.2, -0.15) is 0 Å². The number of pyridine rings is 1. The summed E-state index contributed by atoms with van der Waals surface area (Å²) >= 11 is 0. The maximum Gasteiger partial charge on any atom is 0.407 e. The summed E-state index contributed by atoms with van der Waals surface area (Å²) in [4.78, 5) is 44.3. The van der Waals surface area contributed by atoms with Crippen LogP contribution in [0.1, 0.15) is 29.3 Å². The Balaban J connectivity index is 1.43. The standard InChI is InChI=1S/C23H28N4O5/c1-2-31-22(29)19-9-10-20(24-15-19)26-11-6-12-27(14-13-26)21(28)16-25-23(30)32-17-18-7-4-3-5-8-18/h3-5,7-10,15H,2,6,11-14,16-17H2,1H3,(H,25,30). The van der Waals surface area contributed by atoms with Gasteiger partial charge in [0, 0.05) is 32.4 Å². The number of alkyl carbamates (subject to hydrolysis) is 1. The second-order valence-electron chi connectivity index (χ2n) is 7.26. The first-order valence-corrected chi connectivity index (χ1v) is 10.7. The number of amides is 2. The largest absolute Gasteiger partial charge is 0.462 e. The lowest BCUT2D eigenvalue weighted by Crippen LogP contribution is -2.42. The molecule has 0 saturated carbocycles. The van der Waals surface area contributed by atoms with Crippen LogP contribution in [-0.4, -0.2) is 67.2 Å². The summed E-state index contributed by atoms with van der Waals surface area (Å²) in [6.07, 6.45) is 1.65. The number of nitrogens with one attached hydrogen (secondary N) is 1. The maximum atomic E-state index is 12.5. The molecule has 2 heterocycles. The predicted molar refractivity (Wildman–Crippen MR) is 118 cm³/mol. The van der Waals surface area contributed by atoms with Crippen molar-refractivity contribution in [3.05, 3.63) is 59.8 Å². The number of rotatable bonds is 7. The van der Waals surface area contributed by atoms with Crippen LogP contribution in [0, 0.1) is 0 Å². The van der Waals surface area contributed by atoms with E-state index >= 15 is 0 Å². The number of esters is 1. The van der Waals surface area contributed by atoms with Gasteiger partial charge in [0.1, 0.15) is 19.0 Å². The molecule has 3 rings (SSSR count). The van der Waals surface area contributed by atoms with Gasteiger partial charge < -0.3 is 24.6 Å². The van der Waals surface area contributed by atoms with Gasteiger partial charge in [0.2, 0.25) is 5.91 Å². The van der Waals surface area contributed by atoms with Gasteiger partial charge in [-0.15, -0.1) is 0 Å². The molecule has 1 aliphatic heterocycles. The molecule has 9 nitrogen and oxygen atoms in total. The van der Waals surface area contributed by atoms with Gasteiger partial charge >= 0.3 is 12.1 Å². The fraction of sp³-hybridized carbons (Fsp3) is 0.391. The smallest absolute Gasteiger partial charge is 0.407 e. The first kappa shape index (κ1) is 23.1. The van der Waals surface area contributed by atoms with Crippen molar-refractivity contribution >= 4 is 23.8 Å². The highest BCUT2D eigenvalue weighted by molar-refractivity contribution is 5.89. The molecule has 2 amide bonds. The normalized spacial score (nSPS) is 13.8. The Kier molecular flexibility index (Phi) is 8.42. The number of benzene rings is 1. The molecule has 1 saturated heterocycles. The summed E-state index contributed by atoms with van der Waals surface area (Å²) in [6, 6.07) is 12.8. The Hall–Kier alpha value is -3.62. The van der Waals surface area contributed by atoms with Gasteiger partial charge in [0.05, 0.1) is 12.2 Å². The van der Waals surface area contributed by atoms with E-state index in [1.807, 2.05) is 30.3 Å². The second kappa shape index (κ2) is 11.7. The zero-order valence-corrected chi connectivity index (χ0v) is 18.2. The predicted octanol–water partition coefficient (Wildman–Crippen LogP) is 2.22. The molecule has 1 aliphatic rings. The van der Waals surface area contributed by atoms with E-state index in [1.165, 1.54) is 6.20 Å². The number of nitrogens with zero attached hydrogens (tertiary/aromatic N) is 3. The lowest BCUT2D eigenvalue weighted by molar-refractivity contribution is -0.129. The molecule has 0 radical (unpaired) electrons. The molecule has 1 fully saturated rings. The number of carbonyl (C=O) groups excluding carboxylic acids is 3. The van der Waals surface area contributed by atoms with Crippen LogP contribution in [0.4, 0.5) is 10.6 Å². The van der Waals surface area contributed by atoms with E-state index in [2.05, 4.69) is 15.2 Å². The van der Waals surface area contributed by atoms with E-state index in [-0.39, 0.29) is 19.1 Å². The molecule has 1 aromatic heterocycles. The van der Waals surface area contributed by atoms with E-state index in [4.69, 9.17) is 9.47 Å². The molecule has 9 heteroatoms. The van der Waals surface area contributed by atoms with Gasteiger partial charge in [0.15, 0.2) is 0 Å². The monoisotopic (exact) mass is 440 g/mol. The van der Waals surface area contributed by atoms with E-state index < -0.39 is 12.1 Å². The van der Waals surface area contributed by atoms with Gasteiger partial charge in [0.25, 0.3) is 0 Å². The molecular formula is C23H28N4O5. The summed E-state index contributed by atoms with van der Waals surface area (Å²) < 4.78 is 10.1. The number of carbonyl (C=O) groups is 3. The summed E-state index contributed by atoms with van der Waals surface area (Å²) in [5.74, 6) is 0.193. The summed E-state index contributed by atoms with van der Waals surface area (Å²) in [5.41, 5.74) is 1.29. The van der Waals surface area contributed by atoms with E-state index in [0.717, 1.165) is 24.3 Å². The van der Waals surface area contributed by atoms with Crippen LogP contribution < -0.4 is 10.2 Å². The SMILES string of the molecule is CCOC(=O)c1ccc(N2CCCN(C(=O)CNC(=O)OCc3ccccc3)CC2)nc1. The Morgan fingerprint density at radius 3 is 2.53 bits per heavy atom. The third kappa shape index (κ3) is 6.69. The quantitative estimate of drug-likeness (QED) is 0.659. The van der Waals surface area contributed by atoms with Crippen molar-refractivity contribution < 1.29 is 23.9 Å². The molecule has 32 heavy (non-hydrogen) atoms. The molecule has 1 aromatic carbocycles. The number of ether oxygens (including phenoxy) is 2. The van der Waals surface area contributed by atoms with Gasteiger partial charge in [-0.1, -0.05) is 30.3 Å². The first-order chi connectivity index (χ1) is 15.6. The average Bonchev–Trinajstić information content (AvgIpc) is 3.08. The molecule has 0 bridgehead atoms. The summed E-state index contributed by atoms with van der Waals surface area (Å²) in [5, 5.41) is 2.52. The number of aromatic nitrogens is 1. The Morgan fingerprint density at radius 2 is 1.81 bits per heavy atom. The van der Waals surface area contributed by atoms with Crippen LogP contribution in [0.3, 0.4) is 0 Å². The maximum absolute atomic E-state index is 12.5. The van der Waals surface area contributed by atoms with Crippen molar-refractivity contribution in [2.75, 3.05) is 44.2 Å². The minimum Gasteiger partial charge on any atom is -0.462 e. The van der Waals surface area contributed by atoms with Gasteiger partial charge in [-0.05, 0) is 31.0 Å². The molecular weight excluding hydrogens is 412 g/mol. The van der Waals surface area contributed by atoms with E-state index in [9.17, 15) is 14.4 Å². The van der Waals surface area contributed by atoms with Crippen molar-refractivity contribution in [2.24, 2.45) is 0 Å². The fourth-order valence-corrected chi connectivity index (χ4v) is 3.34. The van der Waals surface area contributed by atoms with Crippen molar-refractivity contribution in [3.8, 4) is 0 Å². The third-order valence-electron chi connectivity index (χ3n) is 5.03. The van der Waals surface area contributed by atoms with Crippen molar-refractivity contribution in [2.45, 2.75) is 20.0 Å². The van der Waals surface area contributed by atoms with E-state index in [1.54, 1.807) is 24.0 Å². The number of hydrogen-bond donors (Lipinski definition) is 1. The lowest BCUT2D eigenvalue weighted by Gasteiger charge is -2.23. The molecule has 0 atom stereocenters. The van der Waals surface area contributed by atoms with Crippen LogP contribution in [0.15, 0.2) is 48.7 Å². The summed E-state index contributed by atoms with van der Waals surface area (Å²) in [7, 11) is 0. The molecule has 1 N–H and O–H groups in total. The highest BCUT2D eigenvalue weighted by Crippen LogP contribution is 2.15. The highest BCUT2D eigenvalue weighted by atomic mass is 16.5. The third-order valence-corrected chi connectivity index (χ3v) is 5.03. The van der Waals surface area contributed by atoms with Crippen LogP contribution in [0.5, 0.6) is 0 Å². The number of hydrogen-bond acceptors (Lipinski definition) is 7. The minimum atomic E-state index is -0.621. The zero-order chi connectivity index (χ0) is 22.8. The Labute approximate surface area is 187 Å². The fourth-order valence-electron chi connectivity index (χ4n) is 3.34. The Morgan fingerprint density at radius 1 is 1.00 bits per heavy atom. The van der Waals surface area contributed by atoms with E-state index in [0.29, 0.717) is 31.8 Å². The zero-order valence-electron chi connectivity index (χ0n) is 18.2. The van der Waals surface area contributed by atoms with Gasteiger partial charge in [-0.25, -0.2) is 14.6 Å². The lowest BCUT2D eigenvalue weighted by atomic mass is 10.2. The minimum absolute atomic E-state index is 0.111. The van der Waals surface area contributed by atoms with Crippen LogP contribution >= 0.6 is 0 Å². The first-order valence-electron chi connectivity index (χ1n) is 10.7. The van der Waals surface area contributed by atoms with Crippen LogP contribution in [0.25, 0.3) is 0 Å². The molecule has 0 unspecified atom stereocenters. The highest BCUT2D eigenvalue weighted by Gasteiger charge is 2.21. The topological polar surface area (TPSA) is 101 Å².